The minimum Gasteiger partial charge on any atom is -0.351 e. The van der Waals surface area contributed by atoms with Crippen molar-refractivity contribution in [3.05, 3.63) is 70.3 Å². The first kappa shape index (κ1) is 17.5. The zero-order chi connectivity index (χ0) is 17.6. The Balaban J connectivity index is 1.78. The Hall–Kier alpha value is -2.37. The highest BCUT2D eigenvalue weighted by Crippen LogP contribution is 2.26. The number of anilines is 3. The van der Waals surface area contributed by atoms with Gasteiger partial charge in [0.2, 0.25) is 5.95 Å². The molecule has 1 heterocycles. The Kier molecular flexibility index (Phi) is 5.68. The normalized spacial score (nSPS) is 10.5. The molecule has 0 unspecified atom stereocenters. The molecule has 3 aromatic rings. The lowest BCUT2D eigenvalue weighted by Crippen LogP contribution is -2.23. The van der Waals surface area contributed by atoms with Crippen LogP contribution in [0.1, 0.15) is 12.5 Å². The van der Waals surface area contributed by atoms with Gasteiger partial charge >= 0.3 is 0 Å². The maximum atomic E-state index is 6.04. The molecule has 7 heteroatoms. The predicted octanol–water partition coefficient (Wildman–Crippen LogP) is 4.95. The van der Waals surface area contributed by atoms with Crippen LogP contribution in [-0.2, 0) is 6.54 Å². The van der Waals surface area contributed by atoms with Gasteiger partial charge in [-0.05, 0) is 30.7 Å². The molecule has 0 saturated heterocycles. The highest BCUT2D eigenvalue weighted by molar-refractivity contribution is 6.42. The van der Waals surface area contributed by atoms with Crippen LogP contribution >= 0.6 is 23.2 Å². The van der Waals surface area contributed by atoms with Gasteiger partial charge in [0, 0.05) is 18.8 Å². The first-order valence-corrected chi connectivity index (χ1v) is 8.62. The van der Waals surface area contributed by atoms with Gasteiger partial charge in [-0.3, -0.25) is 0 Å². The van der Waals surface area contributed by atoms with Crippen molar-refractivity contribution in [3.63, 3.8) is 0 Å². The number of aromatic nitrogens is 3. The molecule has 5 nitrogen and oxygen atoms in total. The standard InChI is InChI=1S/C18H17Cl2N5/c1-2-25(12-13-6-4-3-5-7-13)17-11-21-24-18(23-17)22-14-8-9-15(19)16(20)10-14/h3-11H,2,12H2,1H3,(H,22,23,24). The fourth-order valence-electron chi connectivity index (χ4n) is 2.36. The quantitative estimate of drug-likeness (QED) is 0.662. The molecule has 0 radical (unpaired) electrons. The van der Waals surface area contributed by atoms with Gasteiger partial charge in [-0.25, -0.2) is 0 Å². The topological polar surface area (TPSA) is 53.9 Å². The van der Waals surface area contributed by atoms with E-state index in [-0.39, 0.29) is 0 Å². The largest absolute Gasteiger partial charge is 0.351 e. The van der Waals surface area contributed by atoms with E-state index in [9.17, 15) is 0 Å². The molecule has 0 bridgehead atoms. The first-order chi connectivity index (χ1) is 12.2. The maximum Gasteiger partial charge on any atom is 0.249 e. The molecule has 0 amide bonds. The minimum atomic E-state index is 0.405. The number of nitrogens with one attached hydrogen (secondary N) is 1. The molecule has 1 N–H and O–H groups in total. The van der Waals surface area contributed by atoms with Crippen LogP contribution in [0.25, 0.3) is 0 Å². The van der Waals surface area contributed by atoms with Crippen molar-refractivity contribution in [1.29, 1.82) is 0 Å². The summed E-state index contributed by atoms with van der Waals surface area (Å²) in [5.41, 5.74) is 1.96. The van der Waals surface area contributed by atoms with Gasteiger partial charge in [-0.1, -0.05) is 53.5 Å². The number of hydrogen-bond acceptors (Lipinski definition) is 5. The molecule has 0 saturated carbocycles. The molecule has 2 aromatic carbocycles. The third-order valence-corrected chi connectivity index (χ3v) is 4.38. The summed E-state index contributed by atoms with van der Waals surface area (Å²) in [5.74, 6) is 1.16. The van der Waals surface area contributed by atoms with Crippen molar-refractivity contribution in [2.45, 2.75) is 13.5 Å². The number of halogens is 2. The number of benzene rings is 2. The highest BCUT2D eigenvalue weighted by atomic mass is 35.5. The van der Waals surface area contributed by atoms with Crippen LogP contribution in [0.5, 0.6) is 0 Å². The van der Waals surface area contributed by atoms with Crippen LogP contribution < -0.4 is 10.2 Å². The average Bonchev–Trinajstić information content (AvgIpc) is 2.64. The summed E-state index contributed by atoms with van der Waals surface area (Å²) in [7, 11) is 0. The summed E-state index contributed by atoms with van der Waals surface area (Å²) in [4.78, 5) is 6.68. The van der Waals surface area contributed by atoms with Crippen molar-refractivity contribution < 1.29 is 0 Å². The SMILES string of the molecule is CCN(Cc1ccccc1)c1cnnc(Nc2ccc(Cl)c(Cl)c2)n1. The molecule has 0 aliphatic carbocycles. The molecular formula is C18H17Cl2N5. The maximum absolute atomic E-state index is 6.04. The van der Waals surface area contributed by atoms with Crippen LogP contribution in [0.2, 0.25) is 10.0 Å². The van der Waals surface area contributed by atoms with Crippen molar-refractivity contribution in [2.24, 2.45) is 0 Å². The van der Waals surface area contributed by atoms with Crippen LogP contribution in [0, 0.1) is 0 Å². The smallest absolute Gasteiger partial charge is 0.249 e. The van der Waals surface area contributed by atoms with Crippen molar-refractivity contribution >= 4 is 40.7 Å². The number of rotatable bonds is 6. The summed E-state index contributed by atoms with van der Waals surface area (Å²) in [5, 5.41) is 12.2. The Morgan fingerprint density at radius 2 is 1.84 bits per heavy atom. The lowest BCUT2D eigenvalue weighted by Gasteiger charge is -2.21. The van der Waals surface area contributed by atoms with Crippen molar-refractivity contribution in [3.8, 4) is 0 Å². The molecule has 3 rings (SSSR count). The molecule has 0 aliphatic heterocycles. The van der Waals surface area contributed by atoms with Gasteiger partial charge in [0.1, 0.15) is 0 Å². The number of nitrogens with zero attached hydrogens (tertiary/aromatic N) is 4. The summed E-state index contributed by atoms with van der Waals surface area (Å²) < 4.78 is 0. The van der Waals surface area contributed by atoms with E-state index in [4.69, 9.17) is 23.2 Å². The third-order valence-electron chi connectivity index (χ3n) is 3.64. The predicted molar refractivity (Wildman–Crippen MR) is 103 cm³/mol. The fourth-order valence-corrected chi connectivity index (χ4v) is 2.66. The Labute approximate surface area is 156 Å². The second-order valence-electron chi connectivity index (χ2n) is 5.39. The molecule has 1 aromatic heterocycles. The summed E-state index contributed by atoms with van der Waals surface area (Å²) >= 11 is 12.0. The second-order valence-corrected chi connectivity index (χ2v) is 6.21. The van der Waals surface area contributed by atoms with E-state index in [1.54, 1.807) is 18.3 Å². The molecule has 128 valence electrons. The van der Waals surface area contributed by atoms with Gasteiger partial charge in [0.05, 0.1) is 16.2 Å². The number of hydrogen-bond donors (Lipinski definition) is 1. The Morgan fingerprint density at radius 3 is 2.56 bits per heavy atom. The van der Waals surface area contributed by atoms with E-state index < -0.39 is 0 Å². The van der Waals surface area contributed by atoms with E-state index in [0.29, 0.717) is 16.0 Å². The lowest BCUT2D eigenvalue weighted by molar-refractivity contribution is 0.798. The fraction of sp³-hybridized carbons (Fsp3) is 0.167. The van der Waals surface area contributed by atoms with Crippen molar-refractivity contribution in [1.82, 2.24) is 15.2 Å². The first-order valence-electron chi connectivity index (χ1n) is 7.86. The molecule has 25 heavy (non-hydrogen) atoms. The Bertz CT molecular complexity index is 842. The van der Waals surface area contributed by atoms with Crippen LogP contribution in [0.3, 0.4) is 0 Å². The van der Waals surface area contributed by atoms with Crippen LogP contribution in [0.4, 0.5) is 17.5 Å². The van der Waals surface area contributed by atoms with Gasteiger partial charge in [0.25, 0.3) is 0 Å². The van der Waals surface area contributed by atoms with E-state index in [1.165, 1.54) is 5.56 Å². The van der Waals surface area contributed by atoms with Gasteiger partial charge < -0.3 is 10.2 Å². The summed E-state index contributed by atoms with van der Waals surface area (Å²) in [6.45, 7) is 3.64. The minimum absolute atomic E-state index is 0.405. The van der Waals surface area contributed by atoms with Gasteiger partial charge in [-0.15, -0.1) is 5.10 Å². The third kappa shape index (κ3) is 4.59. The zero-order valence-corrected chi connectivity index (χ0v) is 15.2. The van der Waals surface area contributed by atoms with Crippen LogP contribution in [0.15, 0.2) is 54.7 Å². The summed E-state index contributed by atoms with van der Waals surface area (Å²) in [6.07, 6.45) is 1.66. The lowest BCUT2D eigenvalue weighted by atomic mass is 10.2. The van der Waals surface area contributed by atoms with E-state index >= 15 is 0 Å². The van der Waals surface area contributed by atoms with Gasteiger partial charge in [-0.2, -0.15) is 10.1 Å². The Morgan fingerprint density at radius 1 is 1.04 bits per heavy atom. The molecule has 0 fully saturated rings. The second kappa shape index (κ2) is 8.14. The summed E-state index contributed by atoms with van der Waals surface area (Å²) in [6, 6.07) is 15.5. The van der Waals surface area contributed by atoms with Gasteiger partial charge in [0.15, 0.2) is 5.82 Å². The molecule has 0 aliphatic rings. The highest BCUT2D eigenvalue weighted by Gasteiger charge is 2.10. The molecular weight excluding hydrogens is 357 g/mol. The van der Waals surface area contributed by atoms with E-state index in [1.807, 2.05) is 24.3 Å². The van der Waals surface area contributed by atoms with Crippen LogP contribution in [-0.4, -0.2) is 21.7 Å². The molecule has 0 spiro atoms. The van der Waals surface area contributed by atoms with E-state index in [0.717, 1.165) is 24.6 Å². The van der Waals surface area contributed by atoms with E-state index in [2.05, 4.69) is 44.5 Å². The monoisotopic (exact) mass is 373 g/mol. The molecule has 0 atom stereocenters. The zero-order valence-electron chi connectivity index (χ0n) is 13.7. The average molecular weight is 374 g/mol. The van der Waals surface area contributed by atoms with Crippen molar-refractivity contribution in [2.75, 3.05) is 16.8 Å².